The highest BCUT2D eigenvalue weighted by molar-refractivity contribution is 7.16. The Kier molecular flexibility index (Phi) is 0.843. The highest BCUT2D eigenvalue weighted by atomic mass is 32.1. The molecule has 0 fully saturated rings. The molecule has 0 aliphatic heterocycles. The zero-order valence-electron chi connectivity index (χ0n) is 4.90. The second-order valence-corrected chi connectivity index (χ2v) is 2.67. The van der Waals surface area contributed by atoms with E-state index >= 15 is 0 Å². The normalized spacial score (nSPS) is 10.8. The Morgan fingerprint density at radius 2 is 2.44 bits per heavy atom. The second kappa shape index (κ2) is 1.54. The summed E-state index contributed by atoms with van der Waals surface area (Å²) >= 11 is 1.57. The minimum absolute atomic E-state index is 0.972. The Morgan fingerprint density at radius 3 is 3.22 bits per heavy atom. The van der Waals surface area contributed by atoms with Gasteiger partial charge < -0.3 is 4.57 Å². The summed E-state index contributed by atoms with van der Waals surface area (Å²) in [5, 5.41) is 0. The summed E-state index contributed by atoms with van der Waals surface area (Å²) in [6.07, 6.45) is 1.77. The van der Waals surface area contributed by atoms with Crippen molar-refractivity contribution in [3.63, 3.8) is 0 Å². The van der Waals surface area contributed by atoms with Crippen molar-refractivity contribution in [3.05, 3.63) is 11.8 Å². The number of thiazole rings is 1. The van der Waals surface area contributed by atoms with Gasteiger partial charge in [-0.05, 0) is 0 Å². The Bertz CT molecular complexity index is 321. The third-order valence-electron chi connectivity index (χ3n) is 1.21. The molecule has 0 saturated heterocycles. The number of nitrogens with zero attached hydrogens (tertiary/aromatic N) is 3. The van der Waals surface area contributed by atoms with Crippen LogP contribution in [-0.2, 0) is 7.05 Å². The molecule has 3 nitrogen and oxygen atoms in total. The number of hydrogen-bond donors (Lipinski definition) is 0. The topological polar surface area (TPSA) is 30.7 Å². The summed E-state index contributed by atoms with van der Waals surface area (Å²) in [5.74, 6) is 0. The van der Waals surface area contributed by atoms with E-state index in [-0.39, 0.29) is 0 Å². The molecule has 9 heavy (non-hydrogen) atoms. The van der Waals surface area contributed by atoms with E-state index in [0.29, 0.717) is 0 Å². The van der Waals surface area contributed by atoms with Crippen LogP contribution in [0.2, 0.25) is 0 Å². The highest BCUT2D eigenvalue weighted by Crippen LogP contribution is 2.13. The van der Waals surface area contributed by atoms with Crippen LogP contribution in [0.25, 0.3) is 10.5 Å². The molecule has 2 rings (SSSR count). The van der Waals surface area contributed by atoms with Gasteiger partial charge in [0.05, 0.1) is 11.8 Å². The summed E-state index contributed by atoms with van der Waals surface area (Å²) in [5.41, 5.74) is 2.78. The molecule has 0 saturated carbocycles. The average molecular weight is 139 g/mol. The van der Waals surface area contributed by atoms with Crippen LogP contribution in [0.15, 0.2) is 11.8 Å². The minimum Gasteiger partial charge on any atom is -0.318 e. The van der Waals surface area contributed by atoms with Crippen molar-refractivity contribution >= 4 is 21.8 Å². The number of aromatic nitrogens is 3. The molecular weight excluding hydrogens is 134 g/mol. The van der Waals surface area contributed by atoms with Crippen molar-refractivity contribution in [2.75, 3.05) is 0 Å². The van der Waals surface area contributed by atoms with E-state index in [2.05, 4.69) is 9.97 Å². The van der Waals surface area contributed by atoms with Crippen LogP contribution in [0, 0.1) is 0 Å². The zero-order valence-corrected chi connectivity index (χ0v) is 5.72. The first kappa shape index (κ1) is 4.93. The minimum atomic E-state index is 0.972. The molecule has 2 aromatic heterocycles. The number of imidazole rings is 1. The standard InChI is InChI=1S/C5H5N3S/c1-8-2-6-5-4(8)7-3-9-5/h2-3H,1H3. The molecule has 0 spiro atoms. The third-order valence-corrected chi connectivity index (χ3v) is 1.93. The molecule has 2 heterocycles. The van der Waals surface area contributed by atoms with Crippen molar-refractivity contribution in [2.45, 2.75) is 0 Å². The SMILES string of the molecule is Cn1cnc2scnc21. The second-order valence-electron chi connectivity index (χ2n) is 1.84. The maximum absolute atomic E-state index is 4.10. The highest BCUT2D eigenvalue weighted by Gasteiger charge is 1.98. The fourth-order valence-electron chi connectivity index (χ4n) is 0.758. The first-order valence-electron chi connectivity index (χ1n) is 2.58. The van der Waals surface area contributed by atoms with Gasteiger partial charge in [0.1, 0.15) is 0 Å². The van der Waals surface area contributed by atoms with Crippen molar-refractivity contribution in [2.24, 2.45) is 7.05 Å². The van der Waals surface area contributed by atoms with E-state index in [0.717, 1.165) is 10.5 Å². The molecule has 0 aliphatic rings. The van der Waals surface area contributed by atoms with Crippen LogP contribution in [0.3, 0.4) is 0 Å². The summed E-state index contributed by atoms with van der Waals surface area (Å²) < 4.78 is 1.91. The Morgan fingerprint density at radius 1 is 1.56 bits per heavy atom. The van der Waals surface area contributed by atoms with Gasteiger partial charge in [0, 0.05) is 7.05 Å². The van der Waals surface area contributed by atoms with E-state index in [4.69, 9.17) is 0 Å². The van der Waals surface area contributed by atoms with Gasteiger partial charge in [-0.15, -0.1) is 11.3 Å². The van der Waals surface area contributed by atoms with Gasteiger partial charge in [-0.2, -0.15) is 0 Å². The van der Waals surface area contributed by atoms with E-state index in [1.54, 1.807) is 23.2 Å². The van der Waals surface area contributed by atoms with Gasteiger partial charge in [0.2, 0.25) is 0 Å². The van der Waals surface area contributed by atoms with Crippen molar-refractivity contribution in [3.8, 4) is 0 Å². The Balaban J connectivity index is 2.99. The molecule has 0 atom stereocenters. The van der Waals surface area contributed by atoms with Crippen LogP contribution >= 0.6 is 11.3 Å². The smallest absolute Gasteiger partial charge is 0.170 e. The molecule has 0 aliphatic carbocycles. The number of aryl methyl sites for hydroxylation is 1. The summed E-state index contributed by atoms with van der Waals surface area (Å²) in [7, 11) is 1.94. The summed E-state index contributed by atoms with van der Waals surface area (Å²) in [6, 6.07) is 0. The molecule has 2 aromatic rings. The van der Waals surface area contributed by atoms with Crippen LogP contribution in [0.5, 0.6) is 0 Å². The van der Waals surface area contributed by atoms with Crippen LogP contribution in [0.1, 0.15) is 0 Å². The van der Waals surface area contributed by atoms with Crippen molar-refractivity contribution in [1.29, 1.82) is 0 Å². The van der Waals surface area contributed by atoms with E-state index in [1.807, 2.05) is 11.6 Å². The molecule has 46 valence electrons. The van der Waals surface area contributed by atoms with Crippen LogP contribution in [0.4, 0.5) is 0 Å². The van der Waals surface area contributed by atoms with Gasteiger partial charge in [0.25, 0.3) is 0 Å². The number of hydrogen-bond acceptors (Lipinski definition) is 3. The quantitative estimate of drug-likeness (QED) is 0.545. The summed E-state index contributed by atoms with van der Waals surface area (Å²) in [6.45, 7) is 0. The summed E-state index contributed by atoms with van der Waals surface area (Å²) in [4.78, 5) is 9.21. The van der Waals surface area contributed by atoms with E-state index in [1.165, 1.54) is 0 Å². The zero-order chi connectivity index (χ0) is 6.27. The molecule has 0 unspecified atom stereocenters. The largest absolute Gasteiger partial charge is 0.318 e. The maximum Gasteiger partial charge on any atom is 0.170 e. The maximum atomic E-state index is 4.10. The molecule has 0 radical (unpaired) electrons. The molecule has 4 heteroatoms. The van der Waals surface area contributed by atoms with Crippen molar-refractivity contribution in [1.82, 2.24) is 14.5 Å². The molecule has 0 aromatic carbocycles. The lowest BCUT2D eigenvalue weighted by Gasteiger charge is -1.82. The first-order valence-corrected chi connectivity index (χ1v) is 3.46. The first-order chi connectivity index (χ1) is 4.38. The van der Waals surface area contributed by atoms with E-state index < -0.39 is 0 Å². The molecule has 0 N–H and O–H groups in total. The van der Waals surface area contributed by atoms with Crippen molar-refractivity contribution < 1.29 is 0 Å². The predicted molar refractivity (Wildman–Crippen MR) is 36.4 cm³/mol. The number of fused-ring (bicyclic) bond motifs is 1. The van der Waals surface area contributed by atoms with Gasteiger partial charge in [0.15, 0.2) is 10.5 Å². The Labute approximate surface area is 56.0 Å². The lowest BCUT2D eigenvalue weighted by atomic mass is 10.8. The average Bonchev–Trinajstić information content (AvgIpc) is 2.35. The molecule has 0 bridgehead atoms. The lowest BCUT2D eigenvalue weighted by Crippen LogP contribution is -1.82. The Hall–Kier alpha value is -0.900. The van der Waals surface area contributed by atoms with Crippen LogP contribution < -0.4 is 0 Å². The van der Waals surface area contributed by atoms with Gasteiger partial charge in [-0.25, -0.2) is 9.97 Å². The fourth-order valence-corrected chi connectivity index (χ4v) is 1.42. The lowest BCUT2D eigenvalue weighted by molar-refractivity contribution is 0.932. The van der Waals surface area contributed by atoms with E-state index in [9.17, 15) is 0 Å². The predicted octanol–water partition coefficient (Wildman–Crippen LogP) is 1.03. The van der Waals surface area contributed by atoms with Gasteiger partial charge >= 0.3 is 0 Å². The van der Waals surface area contributed by atoms with Crippen LogP contribution in [-0.4, -0.2) is 14.5 Å². The van der Waals surface area contributed by atoms with Gasteiger partial charge in [-0.3, -0.25) is 0 Å². The monoisotopic (exact) mass is 139 g/mol. The number of rotatable bonds is 0. The van der Waals surface area contributed by atoms with Gasteiger partial charge in [-0.1, -0.05) is 0 Å². The fraction of sp³-hybridized carbons (Fsp3) is 0.200. The third kappa shape index (κ3) is 0.564. The molecule has 0 amide bonds. The molecular formula is C5H5N3S.